The summed E-state index contributed by atoms with van der Waals surface area (Å²) in [6, 6.07) is 14.6. The zero-order chi connectivity index (χ0) is 28.5. The van der Waals surface area contributed by atoms with E-state index in [2.05, 4.69) is 16.0 Å². The molecule has 0 bridgehead atoms. The fraction of sp³-hybridized carbons (Fsp3) is 0.148. The zero-order valence-electron chi connectivity index (χ0n) is 20.6. The molecule has 0 spiro atoms. The lowest BCUT2D eigenvalue weighted by Crippen LogP contribution is -2.48. The van der Waals surface area contributed by atoms with Crippen LogP contribution in [0.1, 0.15) is 43.6 Å². The highest BCUT2D eigenvalue weighted by atomic mass is 35.5. The number of carbonyl (C=O) groups is 5. The van der Waals surface area contributed by atoms with Gasteiger partial charge in [0.25, 0.3) is 17.7 Å². The van der Waals surface area contributed by atoms with Crippen molar-refractivity contribution >= 4 is 41.3 Å². The number of esters is 1. The molecule has 5 N–H and O–H groups in total. The smallest absolute Gasteiger partial charge is 0.328 e. The maximum Gasteiger partial charge on any atom is 0.328 e. The Hall–Kier alpha value is -4.90. The van der Waals surface area contributed by atoms with E-state index < -0.39 is 42.2 Å². The van der Waals surface area contributed by atoms with Gasteiger partial charge >= 0.3 is 11.9 Å². The molecule has 0 fully saturated rings. The lowest BCUT2D eigenvalue weighted by Gasteiger charge is -2.17. The molecule has 0 aliphatic heterocycles. The van der Waals surface area contributed by atoms with Gasteiger partial charge in [0.15, 0.2) is 0 Å². The van der Waals surface area contributed by atoms with Crippen LogP contribution >= 0.6 is 11.6 Å². The second-order valence-electron chi connectivity index (χ2n) is 8.21. The molecule has 0 aromatic heterocycles. The number of carboxylic acids is 1. The third kappa shape index (κ3) is 8.04. The number of phenolic OH excluding ortho intramolecular Hbond substituents is 1. The highest BCUT2D eigenvalue weighted by Gasteiger charge is 2.24. The molecule has 39 heavy (non-hydrogen) atoms. The molecule has 11 nitrogen and oxygen atoms in total. The van der Waals surface area contributed by atoms with E-state index >= 15 is 0 Å². The molecule has 0 saturated carbocycles. The van der Waals surface area contributed by atoms with E-state index in [1.165, 1.54) is 55.5 Å². The first-order valence-electron chi connectivity index (χ1n) is 11.5. The quantitative estimate of drug-likeness (QED) is 0.188. The zero-order valence-corrected chi connectivity index (χ0v) is 21.3. The van der Waals surface area contributed by atoms with Gasteiger partial charge in [-0.1, -0.05) is 35.9 Å². The topological polar surface area (TPSA) is 171 Å². The van der Waals surface area contributed by atoms with Crippen molar-refractivity contribution in [2.24, 2.45) is 0 Å². The maximum absolute atomic E-state index is 12.7. The Bertz CT molecular complexity index is 1430. The number of carboxylic acid groups (broad SMARTS) is 1. The molecule has 0 heterocycles. The van der Waals surface area contributed by atoms with Gasteiger partial charge in [-0.3, -0.25) is 19.2 Å². The number of hydrogen-bond donors (Lipinski definition) is 5. The number of halogens is 1. The number of para-hydroxylation sites is 1. The number of amides is 3. The van der Waals surface area contributed by atoms with Gasteiger partial charge in [0.1, 0.15) is 17.5 Å². The van der Waals surface area contributed by atoms with Crippen LogP contribution in [0.15, 0.2) is 66.7 Å². The summed E-state index contributed by atoms with van der Waals surface area (Å²) >= 11 is 6.20. The first-order valence-corrected chi connectivity index (χ1v) is 11.9. The molecule has 1 atom stereocenters. The number of aliphatic carboxylic acids is 1. The first-order chi connectivity index (χ1) is 18.5. The van der Waals surface area contributed by atoms with Gasteiger partial charge in [0.2, 0.25) is 0 Å². The second kappa shape index (κ2) is 13.1. The Balaban J connectivity index is 1.62. The van der Waals surface area contributed by atoms with Crippen molar-refractivity contribution in [1.82, 2.24) is 16.0 Å². The van der Waals surface area contributed by atoms with Crippen LogP contribution in [0.4, 0.5) is 0 Å². The summed E-state index contributed by atoms with van der Waals surface area (Å²) in [5.74, 6) is -4.03. The van der Waals surface area contributed by atoms with Crippen molar-refractivity contribution in [3.05, 3.63) is 94.0 Å². The van der Waals surface area contributed by atoms with Crippen LogP contribution in [0.25, 0.3) is 0 Å². The van der Waals surface area contributed by atoms with Gasteiger partial charge in [-0.25, -0.2) is 4.79 Å². The molecule has 3 aromatic carbocycles. The lowest BCUT2D eigenvalue weighted by molar-refractivity contribution is -0.139. The lowest BCUT2D eigenvalue weighted by atomic mass is 10.1. The van der Waals surface area contributed by atoms with E-state index in [-0.39, 0.29) is 39.8 Å². The Morgan fingerprint density at radius 1 is 0.872 bits per heavy atom. The molecule has 3 aromatic rings. The summed E-state index contributed by atoms with van der Waals surface area (Å²) in [4.78, 5) is 60.8. The van der Waals surface area contributed by atoms with Crippen LogP contribution in [-0.2, 0) is 16.1 Å². The number of rotatable bonds is 10. The molecule has 202 valence electrons. The van der Waals surface area contributed by atoms with Crippen molar-refractivity contribution in [2.45, 2.75) is 19.5 Å². The van der Waals surface area contributed by atoms with Gasteiger partial charge in [-0.2, -0.15) is 0 Å². The Morgan fingerprint density at radius 3 is 2.28 bits per heavy atom. The Labute approximate surface area is 227 Å². The number of nitrogens with one attached hydrogen (secondary N) is 3. The minimum atomic E-state index is -1.52. The third-order valence-electron chi connectivity index (χ3n) is 5.30. The minimum Gasteiger partial charge on any atom is -0.508 e. The third-order valence-corrected chi connectivity index (χ3v) is 5.61. The largest absolute Gasteiger partial charge is 0.508 e. The first kappa shape index (κ1) is 28.7. The van der Waals surface area contributed by atoms with Crippen molar-refractivity contribution < 1.29 is 38.9 Å². The molecule has 12 heteroatoms. The van der Waals surface area contributed by atoms with Crippen LogP contribution in [0.2, 0.25) is 5.02 Å². The number of carbonyl (C=O) groups excluding carboxylic acids is 4. The van der Waals surface area contributed by atoms with Gasteiger partial charge in [-0.15, -0.1) is 0 Å². The van der Waals surface area contributed by atoms with Gasteiger partial charge in [0, 0.05) is 25.6 Å². The summed E-state index contributed by atoms with van der Waals surface area (Å²) in [5.41, 5.74) is 0.750. The number of hydrogen-bond acceptors (Lipinski definition) is 7. The van der Waals surface area contributed by atoms with E-state index in [1.54, 1.807) is 18.2 Å². The van der Waals surface area contributed by atoms with E-state index in [9.17, 15) is 34.2 Å². The molecule has 0 radical (unpaired) electrons. The molecular weight excluding hydrogens is 530 g/mol. The second-order valence-corrected chi connectivity index (χ2v) is 8.62. The molecule has 0 aliphatic rings. The minimum absolute atomic E-state index is 0.00349. The van der Waals surface area contributed by atoms with Crippen molar-refractivity contribution in [3.63, 3.8) is 0 Å². The summed E-state index contributed by atoms with van der Waals surface area (Å²) in [6.45, 7) is 0.831. The molecule has 3 amide bonds. The summed E-state index contributed by atoms with van der Waals surface area (Å²) in [7, 11) is 0. The normalized spacial score (nSPS) is 11.1. The number of aromatic hydroxyl groups is 1. The van der Waals surface area contributed by atoms with Crippen LogP contribution in [0, 0.1) is 0 Å². The highest BCUT2D eigenvalue weighted by molar-refractivity contribution is 6.34. The highest BCUT2D eigenvalue weighted by Crippen LogP contribution is 2.20. The molecular formula is C27H24ClN3O8. The summed E-state index contributed by atoms with van der Waals surface area (Å²) in [6.07, 6.45) is 0. The average Bonchev–Trinajstić information content (AvgIpc) is 2.89. The van der Waals surface area contributed by atoms with E-state index in [4.69, 9.17) is 16.3 Å². The average molecular weight is 554 g/mol. The maximum atomic E-state index is 12.7. The van der Waals surface area contributed by atoms with Gasteiger partial charge in [-0.05, 0) is 48.0 Å². The van der Waals surface area contributed by atoms with Crippen molar-refractivity contribution in [3.8, 4) is 11.5 Å². The van der Waals surface area contributed by atoms with E-state index in [0.29, 0.717) is 5.56 Å². The predicted octanol–water partition coefficient (Wildman–Crippen LogP) is 2.51. The predicted molar refractivity (Wildman–Crippen MR) is 140 cm³/mol. The summed E-state index contributed by atoms with van der Waals surface area (Å²) in [5, 5.41) is 26.3. The molecule has 0 aliphatic carbocycles. The fourth-order valence-corrected chi connectivity index (χ4v) is 3.68. The standard InChI is InChI=1S/C27H24ClN3O8/c1-15(32)39-23-8-3-2-7-20(23)25(35)30-14-22(27(37)38)31-26(36)19-10-9-17(12-21(19)28)24(34)29-13-16-5-4-6-18(33)11-16/h2-12,22,33H,13-14H2,1H3,(H,29,34)(H,30,35)(H,31,36)(H,37,38)/t22-/m0/s1. The number of ether oxygens (including phenoxy) is 1. The monoisotopic (exact) mass is 553 g/mol. The Kier molecular flexibility index (Phi) is 9.60. The SMILES string of the molecule is CC(=O)Oc1ccccc1C(=O)NC[C@H](NC(=O)c1ccc(C(=O)NCc2cccc(O)c2)cc1Cl)C(=O)O. The summed E-state index contributed by atoms with van der Waals surface area (Å²) < 4.78 is 4.99. The van der Waals surface area contributed by atoms with Crippen LogP contribution in [0.5, 0.6) is 11.5 Å². The van der Waals surface area contributed by atoms with Crippen molar-refractivity contribution in [1.29, 1.82) is 0 Å². The molecule has 3 rings (SSSR count). The fourth-order valence-electron chi connectivity index (χ4n) is 3.42. The van der Waals surface area contributed by atoms with Crippen molar-refractivity contribution in [2.75, 3.05) is 6.54 Å². The van der Waals surface area contributed by atoms with Gasteiger partial charge < -0.3 is 30.9 Å². The van der Waals surface area contributed by atoms with Gasteiger partial charge in [0.05, 0.1) is 16.1 Å². The molecule has 0 unspecified atom stereocenters. The molecule has 0 saturated heterocycles. The Morgan fingerprint density at radius 2 is 1.62 bits per heavy atom. The van der Waals surface area contributed by atoms with E-state index in [1.807, 2.05) is 0 Å². The van der Waals surface area contributed by atoms with E-state index in [0.717, 1.165) is 0 Å². The number of benzene rings is 3. The van der Waals surface area contributed by atoms with Crippen LogP contribution < -0.4 is 20.7 Å². The van der Waals surface area contributed by atoms with Crippen LogP contribution in [-0.4, -0.2) is 52.5 Å². The number of phenols is 1. The van der Waals surface area contributed by atoms with Crippen LogP contribution in [0.3, 0.4) is 0 Å².